The predicted molar refractivity (Wildman–Crippen MR) is 92.7 cm³/mol. The highest BCUT2D eigenvalue weighted by Crippen LogP contribution is 2.12. The maximum atomic E-state index is 12.1. The molecule has 2 N–H and O–H groups in total. The number of carbonyl (C=O) groups is 1. The molecule has 5 nitrogen and oxygen atoms in total. The van der Waals surface area contributed by atoms with E-state index >= 15 is 0 Å². The predicted octanol–water partition coefficient (Wildman–Crippen LogP) is 2.97. The number of aryl methyl sites for hydroxylation is 1. The van der Waals surface area contributed by atoms with Gasteiger partial charge in [-0.3, -0.25) is 9.59 Å². The Bertz CT molecular complexity index is 982. The zero-order valence-electron chi connectivity index (χ0n) is 12.9. The van der Waals surface area contributed by atoms with Gasteiger partial charge in [-0.1, -0.05) is 18.2 Å². The number of nitrogens with zero attached hydrogens (tertiary/aromatic N) is 1. The molecule has 3 rings (SSSR count). The third kappa shape index (κ3) is 3.50. The van der Waals surface area contributed by atoms with Crippen LogP contribution in [-0.2, 0) is 11.2 Å². The summed E-state index contributed by atoms with van der Waals surface area (Å²) < 4.78 is 0. The SMILES string of the molecule is N#Cc1ccc(NC(=O)CCc2cc3ccccc3[nH]c2=O)cc1. The summed E-state index contributed by atoms with van der Waals surface area (Å²) in [5, 5.41) is 12.5. The van der Waals surface area contributed by atoms with Crippen LogP contribution in [-0.4, -0.2) is 10.9 Å². The molecule has 0 atom stereocenters. The van der Waals surface area contributed by atoms with Crippen molar-refractivity contribution in [2.45, 2.75) is 12.8 Å². The lowest BCUT2D eigenvalue weighted by atomic mass is 10.1. The molecule has 0 saturated heterocycles. The third-order valence-electron chi connectivity index (χ3n) is 3.75. The van der Waals surface area contributed by atoms with Crippen LogP contribution in [0.5, 0.6) is 0 Å². The second kappa shape index (κ2) is 6.80. The topological polar surface area (TPSA) is 85.8 Å². The minimum atomic E-state index is -0.174. The number of para-hydroxylation sites is 1. The number of amides is 1. The van der Waals surface area contributed by atoms with E-state index in [9.17, 15) is 9.59 Å². The van der Waals surface area contributed by atoms with Crippen LogP contribution in [0.1, 0.15) is 17.5 Å². The molecule has 0 aliphatic heterocycles. The number of benzene rings is 2. The van der Waals surface area contributed by atoms with Crippen molar-refractivity contribution in [3.8, 4) is 6.07 Å². The van der Waals surface area contributed by atoms with Crippen LogP contribution in [0.2, 0.25) is 0 Å². The highest BCUT2D eigenvalue weighted by molar-refractivity contribution is 5.91. The van der Waals surface area contributed by atoms with E-state index in [1.807, 2.05) is 36.4 Å². The summed E-state index contributed by atoms with van der Waals surface area (Å²) in [6, 6.07) is 18.0. The number of carbonyl (C=O) groups excluding carboxylic acids is 1. The van der Waals surface area contributed by atoms with Crippen LogP contribution in [0.25, 0.3) is 10.9 Å². The second-order valence-electron chi connectivity index (χ2n) is 5.45. The van der Waals surface area contributed by atoms with E-state index in [-0.39, 0.29) is 17.9 Å². The second-order valence-corrected chi connectivity index (χ2v) is 5.45. The molecule has 5 heteroatoms. The zero-order valence-corrected chi connectivity index (χ0v) is 12.9. The van der Waals surface area contributed by atoms with Crippen molar-refractivity contribution in [3.63, 3.8) is 0 Å². The fourth-order valence-electron chi connectivity index (χ4n) is 2.48. The maximum Gasteiger partial charge on any atom is 0.251 e. The molecule has 0 saturated carbocycles. The van der Waals surface area contributed by atoms with Crippen LogP contribution in [0.4, 0.5) is 5.69 Å². The summed E-state index contributed by atoms with van der Waals surface area (Å²) in [5.41, 5.74) is 2.37. The summed E-state index contributed by atoms with van der Waals surface area (Å²) in [6.07, 6.45) is 0.573. The quantitative estimate of drug-likeness (QED) is 0.775. The van der Waals surface area contributed by atoms with Crippen molar-refractivity contribution >= 4 is 22.5 Å². The number of rotatable bonds is 4. The molecule has 118 valence electrons. The van der Waals surface area contributed by atoms with Crippen molar-refractivity contribution in [1.29, 1.82) is 5.26 Å². The van der Waals surface area contributed by atoms with E-state index in [1.165, 1.54) is 0 Å². The number of pyridine rings is 1. The number of aromatic amines is 1. The van der Waals surface area contributed by atoms with Gasteiger partial charge in [-0.15, -0.1) is 0 Å². The summed E-state index contributed by atoms with van der Waals surface area (Å²) in [7, 11) is 0. The summed E-state index contributed by atoms with van der Waals surface area (Å²) in [4.78, 5) is 26.9. The number of hydrogen-bond donors (Lipinski definition) is 2. The van der Waals surface area contributed by atoms with Crippen LogP contribution in [0, 0.1) is 11.3 Å². The number of H-pyrrole nitrogens is 1. The molecular weight excluding hydrogens is 302 g/mol. The van der Waals surface area contributed by atoms with Crippen molar-refractivity contribution in [3.05, 3.63) is 76.1 Å². The van der Waals surface area contributed by atoms with Crippen molar-refractivity contribution in [2.75, 3.05) is 5.32 Å². The van der Waals surface area contributed by atoms with Gasteiger partial charge in [0.05, 0.1) is 11.6 Å². The van der Waals surface area contributed by atoms with E-state index < -0.39 is 0 Å². The first-order valence-corrected chi connectivity index (χ1v) is 7.57. The van der Waals surface area contributed by atoms with Crippen LogP contribution >= 0.6 is 0 Å². The molecule has 24 heavy (non-hydrogen) atoms. The van der Waals surface area contributed by atoms with Crippen LogP contribution in [0.3, 0.4) is 0 Å². The molecule has 1 amide bonds. The lowest BCUT2D eigenvalue weighted by Crippen LogP contribution is -2.17. The molecule has 3 aromatic rings. The van der Waals surface area contributed by atoms with Gasteiger partial charge in [-0.25, -0.2) is 0 Å². The molecule has 0 bridgehead atoms. The highest BCUT2D eigenvalue weighted by atomic mass is 16.1. The molecule has 1 aromatic heterocycles. The van der Waals surface area contributed by atoms with Gasteiger partial charge in [0.15, 0.2) is 0 Å². The standard InChI is InChI=1S/C19H15N3O2/c20-12-13-5-8-16(9-6-13)21-18(23)10-7-15-11-14-3-1-2-4-17(14)22-19(15)24/h1-6,8-9,11H,7,10H2,(H,21,23)(H,22,24). The Morgan fingerprint density at radius 3 is 2.62 bits per heavy atom. The monoisotopic (exact) mass is 317 g/mol. The lowest BCUT2D eigenvalue weighted by Gasteiger charge is -2.06. The number of nitrogens with one attached hydrogen (secondary N) is 2. The Hall–Kier alpha value is -3.39. The number of nitriles is 1. The summed E-state index contributed by atoms with van der Waals surface area (Å²) >= 11 is 0. The molecular formula is C19H15N3O2. The summed E-state index contributed by atoms with van der Waals surface area (Å²) in [6.45, 7) is 0. The Morgan fingerprint density at radius 1 is 1.12 bits per heavy atom. The lowest BCUT2D eigenvalue weighted by molar-refractivity contribution is -0.116. The molecule has 2 aromatic carbocycles. The normalized spacial score (nSPS) is 10.3. The van der Waals surface area contributed by atoms with E-state index in [0.717, 1.165) is 10.9 Å². The summed E-state index contributed by atoms with van der Waals surface area (Å²) in [5.74, 6) is -0.174. The van der Waals surface area contributed by atoms with Crippen LogP contribution in [0.15, 0.2) is 59.4 Å². The molecule has 1 heterocycles. The van der Waals surface area contributed by atoms with E-state index in [1.54, 1.807) is 24.3 Å². The maximum absolute atomic E-state index is 12.1. The smallest absolute Gasteiger partial charge is 0.251 e. The average molecular weight is 317 g/mol. The first-order valence-electron chi connectivity index (χ1n) is 7.57. The molecule has 0 aliphatic carbocycles. The van der Waals surface area contributed by atoms with Gasteiger partial charge in [-0.2, -0.15) is 5.26 Å². The minimum absolute atomic E-state index is 0.167. The Kier molecular flexibility index (Phi) is 4.39. The van der Waals surface area contributed by atoms with Crippen molar-refractivity contribution in [1.82, 2.24) is 4.98 Å². The Morgan fingerprint density at radius 2 is 1.88 bits per heavy atom. The van der Waals surface area contributed by atoms with Gasteiger partial charge < -0.3 is 10.3 Å². The van der Waals surface area contributed by atoms with Crippen LogP contribution < -0.4 is 10.9 Å². The van der Waals surface area contributed by atoms with Gasteiger partial charge in [0, 0.05) is 23.2 Å². The van der Waals surface area contributed by atoms with Crippen molar-refractivity contribution < 1.29 is 4.79 Å². The fraction of sp³-hybridized carbons (Fsp3) is 0.105. The first kappa shape index (κ1) is 15.5. The average Bonchev–Trinajstić information content (AvgIpc) is 2.60. The Labute approximate surface area is 138 Å². The molecule has 0 radical (unpaired) electrons. The van der Waals surface area contributed by atoms with Crippen molar-refractivity contribution in [2.24, 2.45) is 0 Å². The Balaban J connectivity index is 1.66. The number of anilines is 1. The molecule has 0 spiro atoms. The van der Waals surface area contributed by atoms with E-state index in [4.69, 9.17) is 5.26 Å². The van der Waals surface area contributed by atoms with Gasteiger partial charge in [-0.05, 0) is 48.2 Å². The fourth-order valence-corrected chi connectivity index (χ4v) is 2.48. The van der Waals surface area contributed by atoms with Gasteiger partial charge in [0.2, 0.25) is 5.91 Å². The largest absolute Gasteiger partial charge is 0.326 e. The van der Waals surface area contributed by atoms with Gasteiger partial charge >= 0.3 is 0 Å². The van der Waals surface area contributed by atoms with E-state index in [0.29, 0.717) is 23.2 Å². The minimum Gasteiger partial charge on any atom is -0.326 e. The van der Waals surface area contributed by atoms with Gasteiger partial charge in [0.25, 0.3) is 5.56 Å². The van der Waals surface area contributed by atoms with Gasteiger partial charge in [0.1, 0.15) is 0 Å². The molecule has 0 fully saturated rings. The molecule has 0 unspecified atom stereocenters. The number of hydrogen-bond acceptors (Lipinski definition) is 3. The first-order chi connectivity index (χ1) is 11.7. The third-order valence-corrected chi connectivity index (χ3v) is 3.75. The highest BCUT2D eigenvalue weighted by Gasteiger charge is 2.07. The number of fused-ring (bicyclic) bond motifs is 1. The number of aromatic nitrogens is 1. The van der Waals surface area contributed by atoms with E-state index in [2.05, 4.69) is 10.3 Å². The zero-order chi connectivity index (χ0) is 16.9. The molecule has 0 aliphatic rings.